The van der Waals surface area contributed by atoms with Gasteiger partial charge in [0.1, 0.15) is 0 Å². The molecule has 0 bridgehead atoms. The number of hydrogen-bond acceptors (Lipinski definition) is 2. The first-order chi connectivity index (χ1) is 13.7. The minimum Gasteiger partial charge on any atom is -0.309 e. The molecule has 1 heterocycles. The minimum absolute atomic E-state index is 0.219. The van der Waals surface area contributed by atoms with Crippen molar-refractivity contribution in [1.29, 1.82) is 0 Å². The zero-order valence-electron chi connectivity index (χ0n) is 16.6. The lowest BCUT2D eigenvalue weighted by Gasteiger charge is -2.38. The van der Waals surface area contributed by atoms with Crippen molar-refractivity contribution in [3.8, 4) is 0 Å². The highest BCUT2D eigenvalue weighted by atomic mass is 16.2. The van der Waals surface area contributed by atoms with Crippen LogP contribution in [-0.2, 0) is 11.3 Å². The van der Waals surface area contributed by atoms with Gasteiger partial charge in [0.15, 0.2) is 0 Å². The lowest BCUT2D eigenvalue weighted by molar-refractivity contribution is -0.119. The van der Waals surface area contributed by atoms with E-state index in [1.807, 2.05) is 6.92 Å². The smallest absolute Gasteiger partial charge is 0.226 e. The number of anilines is 1. The topological polar surface area (TPSA) is 23.6 Å². The molecule has 1 aliphatic heterocycles. The molecule has 0 atom stereocenters. The summed E-state index contributed by atoms with van der Waals surface area (Å²) < 4.78 is 0. The zero-order chi connectivity index (χ0) is 19.3. The second kappa shape index (κ2) is 8.57. The predicted molar refractivity (Wildman–Crippen MR) is 116 cm³/mol. The Labute approximate surface area is 167 Å². The van der Waals surface area contributed by atoms with Gasteiger partial charge in [0.2, 0.25) is 5.91 Å². The van der Waals surface area contributed by atoms with Crippen molar-refractivity contribution in [1.82, 2.24) is 4.90 Å². The van der Waals surface area contributed by atoms with Gasteiger partial charge in [-0.15, -0.1) is 0 Å². The number of nitrogens with zero attached hydrogens (tertiary/aromatic N) is 2. The molecule has 28 heavy (non-hydrogen) atoms. The second-order valence-electron chi connectivity index (χ2n) is 7.64. The molecule has 3 aromatic rings. The van der Waals surface area contributed by atoms with Crippen LogP contribution in [0.25, 0.3) is 10.8 Å². The van der Waals surface area contributed by atoms with E-state index in [2.05, 4.69) is 82.6 Å². The van der Waals surface area contributed by atoms with E-state index in [1.54, 1.807) is 0 Å². The standard InChI is InChI=1S/C25H28N2O/c1-2-25(28)27(24-13-12-21-10-6-7-11-22(21)18-24)23-14-16-26(17-15-23)19-20-8-4-3-5-9-20/h3-13,18,23H,2,14-17,19H2,1H3. The SMILES string of the molecule is CCC(=O)N(c1ccc2ccccc2c1)C1CCN(Cc2ccccc2)CC1. The Morgan fingerprint density at radius 1 is 0.929 bits per heavy atom. The number of carbonyl (C=O) groups excluding carboxylic acids is 1. The van der Waals surface area contributed by atoms with E-state index in [4.69, 9.17) is 0 Å². The first-order valence-corrected chi connectivity index (χ1v) is 10.3. The summed E-state index contributed by atoms with van der Waals surface area (Å²) in [5, 5.41) is 2.41. The summed E-state index contributed by atoms with van der Waals surface area (Å²) in [4.78, 5) is 17.4. The monoisotopic (exact) mass is 372 g/mol. The lowest BCUT2D eigenvalue weighted by atomic mass is 10.00. The highest BCUT2D eigenvalue weighted by molar-refractivity contribution is 5.96. The van der Waals surface area contributed by atoms with Crippen LogP contribution in [0.1, 0.15) is 31.7 Å². The van der Waals surface area contributed by atoms with Gasteiger partial charge in [0.25, 0.3) is 0 Å². The van der Waals surface area contributed by atoms with Crippen LogP contribution < -0.4 is 4.90 Å². The third kappa shape index (κ3) is 4.10. The van der Waals surface area contributed by atoms with Crippen LogP contribution in [0.4, 0.5) is 5.69 Å². The fraction of sp³-hybridized carbons (Fsp3) is 0.320. The number of amides is 1. The molecule has 4 rings (SSSR count). The van der Waals surface area contributed by atoms with Crippen LogP contribution >= 0.6 is 0 Å². The van der Waals surface area contributed by atoms with E-state index < -0.39 is 0 Å². The Morgan fingerprint density at radius 3 is 2.32 bits per heavy atom. The largest absolute Gasteiger partial charge is 0.309 e. The van der Waals surface area contributed by atoms with Gasteiger partial charge in [0.05, 0.1) is 0 Å². The summed E-state index contributed by atoms with van der Waals surface area (Å²) in [6, 6.07) is 25.7. The molecule has 1 aliphatic rings. The van der Waals surface area contributed by atoms with Gasteiger partial charge < -0.3 is 4.90 Å². The zero-order valence-corrected chi connectivity index (χ0v) is 16.6. The molecule has 1 saturated heterocycles. The van der Waals surface area contributed by atoms with Gasteiger partial charge in [-0.25, -0.2) is 0 Å². The number of fused-ring (bicyclic) bond motifs is 1. The molecule has 0 radical (unpaired) electrons. The molecule has 0 unspecified atom stereocenters. The number of piperidine rings is 1. The number of benzene rings is 3. The summed E-state index contributed by atoms with van der Waals surface area (Å²) in [5.41, 5.74) is 2.39. The van der Waals surface area contributed by atoms with Crippen molar-refractivity contribution in [2.75, 3.05) is 18.0 Å². The molecular weight excluding hydrogens is 344 g/mol. The Morgan fingerprint density at radius 2 is 1.61 bits per heavy atom. The van der Waals surface area contributed by atoms with Crippen LogP contribution in [0.2, 0.25) is 0 Å². The van der Waals surface area contributed by atoms with Crippen molar-refractivity contribution < 1.29 is 4.79 Å². The molecule has 0 spiro atoms. The third-order valence-electron chi connectivity index (χ3n) is 5.75. The molecular formula is C25H28N2O. The lowest BCUT2D eigenvalue weighted by Crippen LogP contribution is -2.47. The summed E-state index contributed by atoms with van der Waals surface area (Å²) in [7, 11) is 0. The quantitative estimate of drug-likeness (QED) is 0.611. The molecule has 3 nitrogen and oxygen atoms in total. The van der Waals surface area contributed by atoms with Crippen LogP contribution in [-0.4, -0.2) is 29.9 Å². The van der Waals surface area contributed by atoms with E-state index in [9.17, 15) is 4.79 Å². The van der Waals surface area contributed by atoms with E-state index >= 15 is 0 Å². The number of rotatable bonds is 5. The van der Waals surface area contributed by atoms with Crippen molar-refractivity contribution in [3.05, 3.63) is 78.4 Å². The average molecular weight is 373 g/mol. The van der Waals surface area contributed by atoms with Gasteiger partial charge in [-0.1, -0.05) is 67.6 Å². The Bertz CT molecular complexity index is 929. The first kappa shape index (κ1) is 18.7. The molecule has 144 valence electrons. The van der Waals surface area contributed by atoms with E-state index in [-0.39, 0.29) is 11.9 Å². The Hall–Kier alpha value is -2.65. The van der Waals surface area contributed by atoms with Crippen LogP contribution in [0.5, 0.6) is 0 Å². The summed E-state index contributed by atoms with van der Waals surface area (Å²) in [6.07, 6.45) is 2.58. The van der Waals surface area contributed by atoms with Crippen molar-refractivity contribution in [3.63, 3.8) is 0 Å². The van der Waals surface area contributed by atoms with Crippen LogP contribution in [0.3, 0.4) is 0 Å². The third-order valence-corrected chi connectivity index (χ3v) is 5.75. The number of carbonyl (C=O) groups is 1. The average Bonchev–Trinajstić information content (AvgIpc) is 2.75. The second-order valence-corrected chi connectivity index (χ2v) is 7.64. The molecule has 0 aliphatic carbocycles. The number of likely N-dealkylation sites (tertiary alicyclic amines) is 1. The molecule has 3 heteroatoms. The minimum atomic E-state index is 0.219. The maximum atomic E-state index is 12.8. The molecule has 0 N–H and O–H groups in total. The van der Waals surface area contributed by atoms with Crippen LogP contribution in [0, 0.1) is 0 Å². The molecule has 3 aromatic carbocycles. The van der Waals surface area contributed by atoms with Gasteiger partial charge in [-0.2, -0.15) is 0 Å². The molecule has 0 saturated carbocycles. The van der Waals surface area contributed by atoms with Crippen molar-refractivity contribution in [2.45, 2.75) is 38.8 Å². The maximum Gasteiger partial charge on any atom is 0.226 e. The van der Waals surface area contributed by atoms with Gasteiger partial charge in [-0.05, 0) is 41.3 Å². The summed E-state index contributed by atoms with van der Waals surface area (Å²) >= 11 is 0. The van der Waals surface area contributed by atoms with Gasteiger partial charge in [0, 0.05) is 37.8 Å². The van der Waals surface area contributed by atoms with E-state index in [0.29, 0.717) is 6.42 Å². The molecule has 0 aromatic heterocycles. The van der Waals surface area contributed by atoms with Crippen LogP contribution in [0.15, 0.2) is 72.8 Å². The van der Waals surface area contributed by atoms with E-state index in [1.165, 1.54) is 16.3 Å². The number of hydrogen-bond donors (Lipinski definition) is 0. The van der Waals surface area contributed by atoms with Gasteiger partial charge in [-0.3, -0.25) is 9.69 Å². The fourth-order valence-electron chi connectivity index (χ4n) is 4.23. The fourth-order valence-corrected chi connectivity index (χ4v) is 4.23. The predicted octanol–water partition coefficient (Wildman–Crippen LogP) is 5.25. The normalized spacial score (nSPS) is 15.6. The summed E-state index contributed by atoms with van der Waals surface area (Å²) in [6.45, 7) is 5.01. The summed E-state index contributed by atoms with van der Waals surface area (Å²) in [5.74, 6) is 0.219. The Kier molecular flexibility index (Phi) is 5.73. The maximum absolute atomic E-state index is 12.8. The highest BCUT2D eigenvalue weighted by Gasteiger charge is 2.28. The Balaban J connectivity index is 1.50. The highest BCUT2D eigenvalue weighted by Crippen LogP contribution is 2.28. The van der Waals surface area contributed by atoms with Crippen molar-refractivity contribution in [2.24, 2.45) is 0 Å². The van der Waals surface area contributed by atoms with Crippen molar-refractivity contribution >= 4 is 22.4 Å². The molecule has 1 fully saturated rings. The molecule has 1 amide bonds. The van der Waals surface area contributed by atoms with E-state index in [0.717, 1.165) is 38.2 Å². The van der Waals surface area contributed by atoms with Gasteiger partial charge >= 0.3 is 0 Å². The first-order valence-electron chi connectivity index (χ1n) is 10.3.